The molecule has 0 saturated carbocycles. The van der Waals surface area contributed by atoms with Crippen molar-refractivity contribution < 1.29 is 7.96 Å². The van der Waals surface area contributed by atoms with Gasteiger partial charge in [-0.15, -0.1) is 19.0 Å². The van der Waals surface area contributed by atoms with Crippen molar-refractivity contribution in [3.8, 4) is 0 Å². The van der Waals surface area contributed by atoms with E-state index in [0.717, 1.165) is 11.1 Å². The minimum Gasteiger partial charge on any atom is -1.00 e. The van der Waals surface area contributed by atoms with Crippen molar-refractivity contribution in [1.29, 1.82) is 0 Å². The molecule has 0 aliphatic heterocycles. The summed E-state index contributed by atoms with van der Waals surface area (Å²) in [5.74, 6) is 0. The molecule has 4 heteroatoms. The van der Waals surface area contributed by atoms with Gasteiger partial charge >= 0.3 is 23.1 Å². The van der Waals surface area contributed by atoms with Crippen LogP contribution in [-0.2, 0) is 5.60 Å². The third kappa shape index (κ3) is 4.93. The van der Waals surface area contributed by atoms with Crippen LogP contribution >= 0.6 is 12.4 Å². The van der Waals surface area contributed by atoms with Crippen LogP contribution in [0.3, 0.4) is 0 Å². The summed E-state index contributed by atoms with van der Waals surface area (Å²) in [5.41, 5.74) is 0.807. The Bertz CT molecular complexity index is 461. The molecular weight excluding hydrogens is 295 g/mol. The van der Waals surface area contributed by atoms with E-state index in [9.17, 15) is 5.11 Å². The first-order chi connectivity index (χ1) is 8.27. The molecular formula is C16H22AlClMgO. The fraction of sp³-hybridized carbons (Fsp3) is 0.125. The minimum atomic E-state index is -0.982. The molecule has 20 heavy (non-hydrogen) atoms. The summed E-state index contributed by atoms with van der Waals surface area (Å²) in [5, 5.41) is 10.9. The Balaban J connectivity index is -0.000000324. The second-order valence-corrected chi connectivity index (χ2v) is 4.09. The van der Waals surface area contributed by atoms with Gasteiger partial charge in [0.1, 0.15) is 5.60 Å². The second kappa shape index (κ2) is 10.5. The van der Waals surface area contributed by atoms with Crippen LogP contribution in [0.25, 0.3) is 0 Å². The molecule has 0 heterocycles. The monoisotopic (exact) mass is 316 g/mol. The Labute approximate surface area is 156 Å². The van der Waals surface area contributed by atoms with Gasteiger partial charge in [0, 0.05) is 6.42 Å². The quantitative estimate of drug-likeness (QED) is 0.679. The van der Waals surface area contributed by atoms with E-state index in [2.05, 4.69) is 6.58 Å². The van der Waals surface area contributed by atoms with E-state index >= 15 is 0 Å². The Kier molecular flexibility index (Phi) is 11.5. The fourth-order valence-electron chi connectivity index (χ4n) is 2.04. The summed E-state index contributed by atoms with van der Waals surface area (Å²) in [7, 11) is 0. The Hall–Kier alpha value is -0.271. The molecule has 0 radical (unpaired) electrons. The maximum Gasteiger partial charge on any atom is 2.00 e. The number of halogens is 1. The third-order valence-corrected chi connectivity index (χ3v) is 2.94. The zero-order valence-electron chi connectivity index (χ0n) is 12.8. The van der Waals surface area contributed by atoms with Crippen molar-refractivity contribution in [2.45, 2.75) is 12.0 Å². The standard InChI is InChI=1S/C16H16O.Al.ClH.Mg.5H/c1-2-13-16(17,14-9-5-3-6-10-14)15-11-7-4-8-12-15;;;;;;;;/h2-12,17H,1,13H2;;1H;;;;;;/q;;;+2;;;;2*-1. The van der Waals surface area contributed by atoms with Gasteiger partial charge in [0.05, 0.1) is 0 Å². The molecule has 0 unspecified atom stereocenters. The topological polar surface area (TPSA) is 20.2 Å². The van der Waals surface area contributed by atoms with Crippen LogP contribution in [0, 0.1) is 0 Å². The van der Waals surface area contributed by atoms with Crippen LogP contribution in [0.1, 0.15) is 20.4 Å². The summed E-state index contributed by atoms with van der Waals surface area (Å²) in [6.45, 7) is 3.74. The van der Waals surface area contributed by atoms with Crippen molar-refractivity contribution >= 4 is 52.8 Å². The first kappa shape index (κ1) is 22.0. The summed E-state index contributed by atoms with van der Waals surface area (Å²) in [4.78, 5) is 0. The van der Waals surface area contributed by atoms with Crippen LogP contribution in [0.4, 0.5) is 0 Å². The van der Waals surface area contributed by atoms with Crippen molar-refractivity contribution in [1.82, 2.24) is 0 Å². The van der Waals surface area contributed by atoms with Gasteiger partial charge in [-0.2, -0.15) is 0 Å². The maximum absolute atomic E-state index is 10.9. The molecule has 0 amide bonds. The van der Waals surface area contributed by atoms with Crippen molar-refractivity contribution in [3.05, 3.63) is 84.4 Å². The maximum atomic E-state index is 10.9. The van der Waals surface area contributed by atoms with Crippen molar-refractivity contribution in [2.24, 2.45) is 0 Å². The summed E-state index contributed by atoms with van der Waals surface area (Å²) in [6, 6.07) is 19.4. The molecule has 2 aromatic rings. The Morgan fingerprint density at radius 1 is 0.950 bits per heavy atom. The zero-order valence-corrected chi connectivity index (χ0v) is 13.1. The fourth-order valence-corrected chi connectivity index (χ4v) is 2.04. The van der Waals surface area contributed by atoms with Crippen LogP contribution in [0.15, 0.2) is 73.3 Å². The van der Waals surface area contributed by atoms with Crippen molar-refractivity contribution in [2.75, 3.05) is 0 Å². The minimum absolute atomic E-state index is 0. The van der Waals surface area contributed by atoms with Gasteiger partial charge in [0.25, 0.3) is 0 Å². The molecule has 1 nitrogen and oxygen atoms in total. The van der Waals surface area contributed by atoms with Gasteiger partial charge in [-0.25, -0.2) is 0 Å². The molecule has 0 fully saturated rings. The average Bonchev–Trinajstić information content (AvgIpc) is 2.41. The molecule has 0 saturated heterocycles. The first-order valence-electron chi connectivity index (χ1n) is 5.72. The Morgan fingerprint density at radius 3 is 1.60 bits per heavy atom. The normalized spacial score (nSPS) is 9.45. The van der Waals surface area contributed by atoms with Gasteiger partial charge in [-0.3, -0.25) is 0 Å². The zero-order chi connectivity index (χ0) is 12.1. The van der Waals surface area contributed by atoms with E-state index in [1.54, 1.807) is 6.08 Å². The van der Waals surface area contributed by atoms with E-state index in [0.29, 0.717) is 6.42 Å². The molecule has 0 aromatic heterocycles. The molecule has 1 N–H and O–H groups in total. The molecule has 2 aromatic carbocycles. The third-order valence-electron chi connectivity index (χ3n) is 2.94. The number of hydrogen-bond acceptors (Lipinski definition) is 1. The Morgan fingerprint density at radius 2 is 1.30 bits per heavy atom. The van der Waals surface area contributed by atoms with Gasteiger partial charge in [-0.1, -0.05) is 66.7 Å². The van der Waals surface area contributed by atoms with E-state index in [4.69, 9.17) is 0 Å². The number of aliphatic hydroxyl groups is 1. The van der Waals surface area contributed by atoms with Crippen LogP contribution in [0.5, 0.6) is 0 Å². The van der Waals surface area contributed by atoms with Crippen LogP contribution in [-0.4, -0.2) is 45.5 Å². The predicted octanol–water partition coefficient (Wildman–Crippen LogP) is 2.58. The van der Waals surface area contributed by atoms with Gasteiger partial charge in [0.2, 0.25) is 0 Å². The molecule has 2 rings (SSSR count). The number of hydrogen-bond donors (Lipinski definition) is 1. The van der Waals surface area contributed by atoms with E-state index < -0.39 is 5.60 Å². The summed E-state index contributed by atoms with van der Waals surface area (Å²) in [6.07, 6.45) is 2.25. The molecule has 0 bridgehead atoms. The number of rotatable bonds is 4. The predicted molar refractivity (Wildman–Crippen MR) is 95.9 cm³/mol. The van der Waals surface area contributed by atoms with Gasteiger partial charge in [-0.05, 0) is 11.1 Å². The molecule has 0 spiro atoms. The number of benzene rings is 2. The molecule has 0 aliphatic rings. The van der Waals surface area contributed by atoms with E-state index in [1.165, 1.54) is 0 Å². The van der Waals surface area contributed by atoms with Crippen LogP contribution < -0.4 is 0 Å². The second-order valence-electron chi connectivity index (χ2n) is 4.09. The summed E-state index contributed by atoms with van der Waals surface area (Å²) >= 11 is 0. The van der Waals surface area contributed by atoms with Gasteiger partial charge in [0.15, 0.2) is 17.4 Å². The SMILES string of the molecule is C=CCC(O)(c1ccccc1)c1ccccc1.Cl.[AlH3].[H-].[H-].[Mg+2]. The average molecular weight is 317 g/mol. The molecule has 0 aliphatic carbocycles. The van der Waals surface area contributed by atoms with Crippen molar-refractivity contribution in [3.63, 3.8) is 0 Å². The smallest absolute Gasteiger partial charge is 1.00 e. The van der Waals surface area contributed by atoms with E-state index in [1.807, 2.05) is 60.7 Å². The van der Waals surface area contributed by atoms with E-state index in [-0.39, 0.29) is 55.7 Å². The first-order valence-corrected chi connectivity index (χ1v) is 5.72. The van der Waals surface area contributed by atoms with Crippen LogP contribution in [0.2, 0.25) is 0 Å². The van der Waals surface area contributed by atoms with Gasteiger partial charge < -0.3 is 7.96 Å². The largest absolute Gasteiger partial charge is 2.00 e. The molecule has 104 valence electrons. The molecule has 0 atom stereocenters. The summed E-state index contributed by atoms with van der Waals surface area (Å²) < 4.78 is 0.